The monoisotopic (exact) mass is 490 g/mol. The largest absolute Gasteiger partial charge is 0.495 e. The lowest BCUT2D eigenvalue weighted by atomic mass is 10.1. The van der Waals surface area contributed by atoms with E-state index in [0.29, 0.717) is 16.9 Å². The van der Waals surface area contributed by atoms with Crippen LogP contribution in [0.2, 0.25) is 5.02 Å². The second-order valence-electron chi connectivity index (χ2n) is 7.61. The third-order valence-corrected chi connectivity index (χ3v) is 5.42. The third-order valence-electron chi connectivity index (χ3n) is 5.13. The van der Waals surface area contributed by atoms with Crippen LogP contribution in [0.3, 0.4) is 0 Å². The molecule has 4 amide bonds. The molecule has 0 bridgehead atoms. The lowest BCUT2D eigenvalue weighted by molar-refractivity contribution is -0.122. The van der Waals surface area contributed by atoms with Gasteiger partial charge in [-0.3, -0.25) is 14.9 Å². The number of methoxy groups -OCH3 is 1. The third kappa shape index (κ3) is 5.07. The highest BCUT2D eigenvalue weighted by molar-refractivity contribution is 6.39. The van der Waals surface area contributed by atoms with Crippen LogP contribution in [0.25, 0.3) is 6.08 Å². The highest BCUT2D eigenvalue weighted by Gasteiger charge is 2.37. The Morgan fingerprint density at radius 1 is 1.00 bits per heavy atom. The zero-order valence-corrected chi connectivity index (χ0v) is 19.5. The van der Waals surface area contributed by atoms with Gasteiger partial charge in [0.25, 0.3) is 11.8 Å². The summed E-state index contributed by atoms with van der Waals surface area (Å²) >= 11 is 6.13. The predicted octanol–water partition coefficient (Wildman–Crippen LogP) is 4.54. The number of carbonyl (C=O) groups is 4. The number of halogens is 1. The first-order chi connectivity index (χ1) is 16.8. The standard InChI is InChI=1S/C26H19ClN2O6/c1-15-5-3-7-17(11-15)25(32)35-19-8-4-6-16(12-19)13-20-23(30)28-26(33)29(24(20)31)18-9-10-22(34-2)21(27)14-18/h3-14H,1-2H3,(H,28,30,33). The number of barbiturate groups is 1. The van der Waals surface area contributed by atoms with Crippen LogP contribution in [0, 0.1) is 6.92 Å². The van der Waals surface area contributed by atoms with Crippen LogP contribution in [0.5, 0.6) is 11.5 Å². The van der Waals surface area contributed by atoms with Crippen molar-refractivity contribution in [2.24, 2.45) is 0 Å². The molecular formula is C26H19ClN2O6. The number of nitrogens with zero attached hydrogens (tertiary/aromatic N) is 1. The molecule has 3 aromatic carbocycles. The second kappa shape index (κ2) is 9.82. The summed E-state index contributed by atoms with van der Waals surface area (Å²) in [5.74, 6) is -1.63. The van der Waals surface area contributed by atoms with Crippen molar-refractivity contribution in [1.29, 1.82) is 0 Å². The molecule has 35 heavy (non-hydrogen) atoms. The lowest BCUT2D eigenvalue weighted by Crippen LogP contribution is -2.54. The van der Waals surface area contributed by atoms with E-state index < -0.39 is 23.8 Å². The van der Waals surface area contributed by atoms with Crippen molar-refractivity contribution in [3.05, 3.63) is 94.0 Å². The Morgan fingerprint density at radius 2 is 1.77 bits per heavy atom. The number of hydrogen-bond acceptors (Lipinski definition) is 6. The molecule has 1 fully saturated rings. The van der Waals surface area contributed by atoms with Crippen molar-refractivity contribution in [1.82, 2.24) is 5.32 Å². The number of amides is 4. The van der Waals surface area contributed by atoms with Crippen molar-refractivity contribution in [2.45, 2.75) is 6.92 Å². The van der Waals surface area contributed by atoms with Gasteiger partial charge in [-0.05, 0) is 61.0 Å². The maximum absolute atomic E-state index is 13.1. The van der Waals surface area contributed by atoms with Gasteiger partial charge >= 0.3 is 12.0 Å². The van der Waals surface area contributed by atoms with Crippen molar-refractivity contribution >= 4 is 47.2 Å². The molecule has 0 atom stereocenters. The van der Waals surface area contributed by atoms with Crippen LogP contribution in [-0.4, -0.2) is 30.9 Å². The van der Waals surface area contributed by atoms with Crippen LogP contribution in [0.4, 0.5) is 10.5 Å². The number of benzene rings is 3. The van der Waals surface area contributed by atoms with Gasteiger partial charge in [-0.1, -0.05) is 41.4 Å². The number of anilines is 1. The average Bonchev–Trinajstić information content (AvgIpc) is 2.82. The van der Waals surface area contributed by atoms with E-state index >= 15 is 0 Å². The Balaban J connectivity index is 1.61. The minimum atomic E-state index is -0.904. The molecule has 0 aromatic heterocycles. The number of aryl methyl sites for hydroxylation is 1. The van der Waals surface area contributed by atoms with Crippen LogP contribution >= 0.6 is 11.6 Å². The summed E-state index contributed by atoms with van der Waals surface area (Å²) in [5, 5.41) is 2.34. The van der Waals surface area contributed by atoms with Crippen molar-refractivity contribution < 1.29 is 28.7 Å². The lowest BCUT2D eigenvalue weighted by Gasteiger charge is -2.26. The van der Waals surface area contributed by atoms with Crippen LogP contribution in [0.1, 0.15) is 21.5 Å². The molecule has 1 aliphatic heterocycles. The number of urea groups is 1. The van der Waals surface area contributed by atoms with Crippen LogP contribution in [-0.2, 0) is 9.59 Å². The van der Waals surface area contributed by atoms with Gasteiger partial charge in [-0.25, -0.2) is 14.5 Å². The van der Waals surface area contributed by atoms with E-state index in [2.05, 4.69) is 5.32 Å². The molecule has 0 spiro atoms. The molecule has 0 saturated carbocycles. The number of nitrogens with one attached hydrogen (secondary N) is 1. The summed E-state index contributed by atoms with van der Waals surface area (Å²) in [6.07, 6.45) is 1.31. The Bertz CT molecular complexity index is 1400. The van der Waals surface area contributed by atoms with Crippen molar-refractivity contribution in [3.8, 4) is 11.5 Å². The Hall–Kier alpha value is -4.43. The second-order valence-corrected chi connectivity index (χ2v) is 8.02. The van der Waals surface area contributed by atoms with E-state index in [4.69, 9.17) is 21.1 Å². The smallest absolute Gasteiger partial charge is 0.343 e. The van der Waals surface area contributed by atoms with Gasteiger partial charge in [-0.2, -0.15) is 0 Å². The molecule has 0 unspecified atom stereocenters. The van der Waals surface area contributed by atoms with Crippen LogP contribution < -0.4 is 19.7 Å². The normalized spacial score (nSPS) is 14.7. The number of hydrogen-bond donors (Lipinski definition) is 1. The summed E-state index contributed by atoms with van der Waals surface area (Å²) in [5.41, 5.74) is 1.61. The quantitative estimate of drug-likeness (QED) is 0.244. The molecule has 1 heterocycles. The molecule has 9 heteroatoms. The SMILES string of the molecule is COc1ccc(N2C(=O)NC(=O)C(=Cc3cccc(OC(=O)c4cccc(C)c4)c3)C2=O)cc1Cl. The topological polar surface area (TPSA) is 102 Å². The van der Waals surface area contributed by atoms with Gasteiger partial charge in [0, 0.05) is 0 Å². The Labute approximate surface area is 205 Å². The van der Waals surface area contributed by atoms with E-state index in [9.17, 15) is 19.2 Å². The number of esters is 1. The molecule has 0 radical (unpaired) electrons. The van der Waals surface area contributed by atoms with E-state index in [-0.39, 0.29) is 22.0 Å². The molecule has 0 aliphatic carbocycles. The number of imide groups is 2. The van der Waals surface area contributed by atoms with Gasteiger partial charge < -0.3 is 9.47 Å². The van der Waals surface area contributed by atoms with Crippen molar-refractivity contribution in [3.63, 3.8) is 0 Å². The molecule has 8 nitrogen and oxygen atoms in total. The molecule has 1 N–H and O–H groups in total. The Morgan fingerprint density at radius 3 is 2.49 bits per heavy atom. The summed E-state index contributed by atoms with van der Waals surface area (Å²) in [6.45, 7) is 1.86. The summed E-state index contributed by atoms with van der Waals surface area (Å²) in [7, 11) is 1.44. The molecule has 3 aromatic rings. The minimum Gasteiger partial charge on any atom is -0.495 e. The molecular weight excluding hydrogens is 472 g/mol. The maximum atomic E-state index is 13.1. The summed E-state index contributed by atoms with van der Waals surface area (Å²) in [4.78, 5) is 51.3. The summed E-state index contributed by atoms with van der Waals surface area (Å²) in [6, 6.07) is 16.7. The van der Waals surface area contributed by atoms with Gasteiger partial charge in [0.15, 0.2) is 0 Å². The number of ether oxygens (including phenoxy) is 2. The number of rotatable bonds is 5. The zero-order chi connectivity index (χ0) is 25.1. The first-order valence-electron chi connectivity index (χ1n) is 10.4. The van der Waals surface area contributed by atoms with Gasteiger partial charge in [0.2, 0.25) is 0 Å². The van der Waals surface area contributed by atoms with E-state index in [1.807, 2.05) is 13.0 Å². The van der Waals surface area contributed by atoms with Gasteiger partial charge in [-0.15, -0.1) is 0 Å². The molecule has 176 valence electrons. The average molecular weight is 491 g/mol. The fourth-order valence-corrected chi connectivity index (χ4v) is 3.71. The molecule has 1 aliphatic rings. The molecule has 4 rings (SSSR count). The fraction of sp³-hybridized carbons (Fsp3) is 0.0769. The zero-order valence-electron chi connectivity index (χ0n) is 18.7. The fourth-order valence-electron chi connectivity index (χ4n) is 3.46. The number of carbonyl (C=O) groups excluding carboxylic acids is 4. The summed E-state index contributed by atoms with van der Waals surface area (Å²) < 4.78 is 10.5. The first kappa shape index (κ1) is 23.7. The minimum absolute atomic E-state index is 0.164. The van der Waals surface area contributed by atoms with Crippen molar-refractivity contribution in [2.75, 3.05) is 12.0 Å². The van der Waals surface area contributed by atoms with E-state index in [1.54, 1.807) is 36.4 Å². The highest BCUT2D eigenvalue weighted by atomic mass is 35.5. The van der Waals surface area contributed by atoms with E-state index in [1.165, 1.54) is 37.5 Å². The first-order valence-corrected chi connectivity index (χ1v) is 10.8. The van der Waals surface area contributed by atoms with Gasteiger partial charge in [0.1, 0.15) is 17.1 Å². The maximum Gasteiger partial charge on any atom is 0.343 e. The Kier molecular flexibility index (Phi) is 6.66. The highest BCUT2D eigenvalue weighted by Crippen LogP contribution is 2.31. The van der Waals surface area contributed by atoms with E-state index in [0.717, 1.165) is 10.5 Å². The van der Waals surface area contributed by atoms with Crippen LogP contribution in [0.15, 0.2) is 72.3 Å². The van der Waals surface area contributed by atoms with Gasteiger partial charge in [0.05, 0.1) is 23.4 Å². The predicted molar refractivity (Wildman–Crippen MR) is 130 cm³/mol. The molecule has 1 saturated heterocycles.